The molecule has 106 valence electrons. The Hall–Kier alpha value is -1.85. The van der Waals surface area contributed by atoms with E-state index in [-0.39, 0.29) is 6.04 Å². The average molecular weight is 273 g/mol. The van der Waals surface area contributed by atoms with Gasteiger partial charge in [0.25, 0.3) is 0 Å². The first-order chi connectivity index (χ1) is 9.78. The number of aromatic amines is 1. The maximum absolute atomic E-state index is 5.48. The number of rotatable bonds is 3. The molecule has 2 heterocycles. The predicted octanol–water partition coefficient (Wildman–Crippen LogP) is 2.05. The molecule has 0 aliphatic carbocycles. The van der Waals surface area contributed by atoms with Gasteiger partial charge in [0.15, 0.2) is 0 Å². The van der Waals surface area contributed by atoms with Crippen LogP contribution >= 0.6 is 0 Å². The molecular weight excluding hydrogens is 254 g/mol. The van der Waals surface area contributed by atoms with Crippen LogP contribution in [0.3, 0.4) is 0 Å². The van der Waals surface area contributed by atoms with E-state index in [9.17, 15) is 0 Å². The number of nitrogens with one attached hydrogen (secondary N) is 2. The quantitative estimate of drug-likeness (QED) is 0.898. The third-order valence-electron chi connectivity index (χ3n) is 3.52. The zero-order valence-corrected chi connectivity index (χ0v) is 11.8. The van der Waals surface area contributed by atoms with Crippen molar-refractivity contribution >= 4 is 0 Å². The van der Waals surface area contributed by atoms with Crippen molar-refractivity contribution in [3.63, 3.8) is 0 Å². The van der Waals surface area contributed by atoms with Gasteiger partial charge in [0.1, 0.15) is 11.6 Å². The van der Waals surface area contributed by atoms with E-state index in [0.717, 1.165) is 41.7 Å². The Labute approximate surface area is 118 Å². The van der Waals surface area contributed by atoms with Crippen LogP contribution in [0.2, 0.25) is 0 Å². The van der Waals surface area contributed by atoms with E-state index in [4.69, 9.17) is 14.5 Å². The molecule has 0 saturated carbocycles. The van der Waals surface area contributed by atoms with E-state index in [1.54, 1.807) is 7.11 Å². The molecule has 5 nitrogen and oxygen atoms in total. The van der Waals surface area contributed by atoms with Crippen molar-refractivity contribution in [2.75, 3.05) is 26.9 Å². The highest BCUT2D eigenvalue weighted by Gasteiger charge is 2.20. The van der Waals surface area contributed by atoms with Crippen LogP contribution in [0.15, 0.2) is 24.3 Å². The molecule has 5 heteroatoms. The van der Waals surface area contributed by atoms with Crippen molar-refractivity contribution in [3.8, 4) is 17.0 Å². The maximum Gasteiger partial charge on any atom is 0.126 e. The zero-order valence-electron chi connectivity index (χ0n) is 11.8. The number of hydrogen-bond acceptors (Lipinski definition) is 4. The number of hydrogen-bond donors (Lipinski definition) is 2. The van der Waals surface area contributed by atoms with Crippen molar-refractivity contribution in [2.45, 2.75) is 13.0 Å². The normalized spacial score (nSPS) is 19.0. The Morgan fingerprint density at radius 3 is 2.75 bits per heavy atom. The smallest absolute Gasteiger partial charge is 0.126 e. The fourth-order valence-corrected chi connectivity index (χ4v) is 2.42. The first kappa shape index (κ1) is 13.1. The Bertz CT molecular complexity index is 571. The molecule has 1 atom stereocenters. The molecule has 1 fully saturated rings. The summed E-state index contributed by atoms with van der Waals surface area (Å²) >= 11 is 0. The monoisotopic (exact) mass is 273 g/mol. The minimum Gasteiger partial charge on any atom is -0.497 e. The molecule has 1 unspecified atom stereocenters. The van der Waals surface area contributed by atoms with E-state index in [2.05, 4.69) is 10.3 Å². The predicted molar refractivity (Wildman–Crippen MR) is 76.9 cm³/mol. The Balaban J connectivity index is 1.87. The number of methoxy groups -OCH3 is 1. The van der Waals surface area contributed by atoms with Gasteiger partial charge in [-0.1, -0.05) is 0 Å². The fraction of sp³-hybridized carbons (Fsp3) is 0.400. The van der Waals surface area contributed by atoms with Gasteiger partial charge >= 0.3 is 0 Å². The van der Waals surface area contributed by atoms with Gasteiger partial charge in [0.2, 0.25) is 0 Å². The van der Waals surface area contributed by atoms with Gasteiger partial charge in [-0.15, -0.1) is 0 Å². The van der Waals surface area contributed by atoms with Gasteiger partial charge in [-0.25, -0.2) is 4.98 Å². The second kappa shape index (κ2) is 5.64. The summed E-state index contributed by atoms with van der Waals surface area (Å²) < 4.78 is 10.7. The summed E-state index contributed by atoms with van der Waals surface area (Å²) in [4.78, 5) is 8.08. The van der Waals surface area contributed by atoms with Crippen LogP contribution in [-0.4, -0.2) is 36.8 Å². The van der Waals surface area contributed by atoms with Crippen LogP contribution in [0, 0.1) is 6.92 Å². The number of benzene rings is 1. The van der Waals surface area contributed by atoms with Gasteiger partial charge in [-0.3, -0.25) is 0 Å². The molecule has 2 aromatic rings. The number of aryl methyl sites for hydroxylation is 1. The Morgan fingerprint density at radius 2 is 2.10 bits per heavy atom. The number of morpholine rings is 1. The van der Waals surface area contributed by atoms with Crippen molar-refractivity contribution in [1.29, 1.82) is 0 Å². The van der Waals surface area contributed by atoms with Crippen molar-refractivity contribution in [1.82, 2.24) is 15.3 Å². The van der Waals surface area contributed by atoms with Crippen LogP contribution < -0.4 is 10.1 Å². The molecule has 0 spiro atoms. The molecule has 0 amide bonds. The largest absolute Gasteiger partial charge is 0.497 e. The molecule has 0 radical (unpaired) electrons. The summed E-state index contributed by atoms with van der Waals surface area (Å²) in [5.74, 6) is 1.79. The molecule has 1 aliphatic rings. The second-order valence-electron chi connectivity index (χ2n) is 4.91. The van der Waals surface area contributed by atoms with E-state index < -0.39 is 0 Å². The van der Waals surface area contributed by atoms with Crippen LogP contribution in [-0.2, 0) is 4.74 Å². The van der Waals surface area contributed by atoms with Gasteiger partial charge < -0.3 is 19.8 Å². The van der Waals surface area contributed by atoms with E-state index in [1.165, 1.54) is 0 Å². The summed E-state index contributed by atoms with van der Waals surface area (Å²) in [5, 5.41) is 3.41. The van der Waals surface area contributed by atoms with E-state index >= 15 is 0 Å². The Kier molecular flexibility index (Phi) is 3.71. The van der Waals surface area contributed by atoms with Gasteiger partial charge in [0, 0.05) is 17.8 Å². The number of H-pyrrole nitrogens is 1. The summed E-state index contributed by atoms with van der Waals surface area (Å²) in [7, 11) is 1.67. The van der Waals surface area contributed by atoms with Crippen molar-refractivity contribution in [2.24, 2.45) is 0 Å². The van der Waals surface area contributed by atoms with Crippen LogP contribution in [0.1, 0.15) is 17.6 Å². The highest BCUT2D eigenvalue weighted by molar-refractivity contribution is 5.62. The zero-order chi connectivity index (χ0) is 13.9. The fourth-order valence-electron chi connectivity index (χ4n) is 2.42. The molecule has 2 N–H and O–H groups in total. The molecule has 1 aliphatic heterocycles. The summed E-state index contributed by atoms with van der Waals surface area (Å²) in [6.07, 6.45) is 0. The number of nitrogens with zero attached hydrogens (tertiary/aromatic N) is 1. The number of aromatic nitrogens is 2. The molecular formula is C15H19N3O2. The van der Waals surface area contributed by atoms with Gasteiger partial charge in [0.05, 0.1) is 32.1 Å². The minimum atomic E-state index is 0.148. The lowest BCUT2D eigenvalue weighted by atomic mass is 10.1. The summed E-state index contributed by atoms with van der Waals surface area (Å²) in [6, 6.07) is 8.10. The van der Waals surface area contributed by atoms with Crippen LogP contribution in [0.4, 0.5) is 0 Å². The highest BCUT2D eigenvalue weighted by Crippen LogP contribution is 2.25. The van der Waals surface area contributed by atoms with Gasteiger partial charge in [-0.05, 0) is 31.2 Å². The molecule has 1 saturated heterocycles. The first-order valence-electron chi connectivity index (χ1n) is 6.80. The maximum atomic E-state index is 5.48. The number of ether oxygens (including phenoxy) is 2. The third-order valence-corrected chi connectivity index (χ3v) is 3.52. The van der Waals surface area contributed by atoms with Crippen molar-refractivity contribution < 1.29 is 9.47 Å². The topological polar surface area (TPSA) is 59.2 Å². The molecule has 0 bridgehead atoms. The van der Waals surface area contributed by atoms with Crippen LogP contribution in [0.25, 0.3) is 11.3 Å². The van der Waals surface area contributed by atoms with Gasteiger partial charge in [-0.2, -0.15) is 0 Å². The highest BCUT2D eigenvalue weighted by atomic mass is 16.5. The number of imidazole rings is 1. The lowest BCUT2D eigenvalue weighted by molar-refractivity contribution is 0.0745. The standard InChI is InChI=1S/C15H19N3O2/c1-10-14(11-3-5-12(19-2)6-4-11)18-15(17-10)13-9-20-8-7-16-13/h3-6,13,16H,7-9H2,1-2H3,(H,17,18). The average Bonchev–Trinajstić information content (AvgIpc) is 2.90. The lowest BCUT2D eigenvalue weighted by Crippen LogP contribution is -2.35. The first-order valence-corrected chi connectivity index (χ1v) is 6.80. The lowest BCUT2D eigenvalue weighted by Gasteiger charge is -2.21. The molecule has 1 aromatic heterocycles. The Morgan fingerprint density at radius 1 is 1.30 bits per heavy atom. The van der Waals surface area contributed by atoms with Crippen molar-refractivity contribution in [3.05, 3.63) is 35.8 Å². The third kappa shape index (κ3) is 2.55. The molecule has 1 aromatic carbocycles. The molecule has 20 heavy (non-hydrogen) atoms. The summed E-state index contributed by atoms with van der Waals surface area (Å²) in [6.45, 7) is 4.33. The second-order valence-corrected chi connectivity index (χ2v) is 4.91. The summed E-state index contributed by atoms with van der Waals surface area (Å²) in [5.41, 5.74) is 3.13. The van der Waals surface area contributed by atoms with Crippen LogP contribution in [0.5, 0.6) is 5.75 Å². The SMILES string of the molecule is COc1ccc(-c2nc(C3COCCN3)[nH]c2C)cc1. The van der Waals surface area contributed by atoms with E-state index in [0.29, 0.717) is 6.61 Å². The molecule has 3 rings (SSSR count). The van der Waals surface area contributed by atoms with E-state index in [1.807, 2.05) is 31.2 Å². The minimum absolute atomic E-state index is 0.148.